The fraction of sp³-hybridized carbons (Fsp3) is 0.100. The molecule has 0 saturated carbocycles. The van der Waals surface area contributed by atoms with Crippen LogP contribution in [0.2, 0.25) is 0 Å². The summed E-state index contributed by atoms with van der Waals surface area (Å²) >= 11 is 11.8. The molecule has 0 fully saturated rings. The Labute approximate surface area is 92.2 Å². The van der Waals surface area contributed by atoms with Crippen LogP contribution in [0.1, 0.15) is 5.69 Å². The van der Waals surface area contributed by atoms with Gasteiger partial charge in [-0.3, -0.25) is 4.98 Å². The highest BCUT2D eigenvalue weighted by Crippen LogP contribution is 2.26. The van der Waals surface area contributed by atoms with Crippen LogP contribution in [0.25, 0.3) is 5.70 Å². The molecule has 1 aliphatic rings. The first-order valence-electron chi connectivity index (χ1n) is 4.14. The highest BCUT2D eigenvalue weighted by molar-refractivity contribution is 6.50. The highest BCUT2D eigenvalue weighted by Gasteiger charge is 2.23. The number of alkyl halides is 2. The Hall–Kier alpha value is -0.990. The lowest BCUT2D eigenvalue weighted by molar-refractivity contribution is 0.846. The molecule has 0 amide bonds. The van der Waals surface area contributed by atoms with Gasteiger partial charge >= 0.3 is 0 Å². The summed E-state index contributed by atoms with van der Waals surface area (Å²) in [5, 5.41) is 2.95. The van der Waals surface area contributed by atoms with E-state index in [4.69, 9.17) is 23.2 Å². The molecule has 0 unspecified atom stereocenters. The number of pyridine rings is 1. The fourth-order valence-electron chi connectivity index (χ4n) is 1.20. The van der Waals surface area contributed by atoms with Crippen molar-refractivity contribution in [2.24, 2.45) is 0 Å². The summed E-state index contributed by atoms with van der Waals surface area (Å²) in [5.74, 6) is 0. The molecular formula is C10H8Cl2N2. The minimum atomic E-state index is -1.04. The molecule has 0 aromatic carbocycles. The van der Waals surface area contributed by atoms with Crippen LogP contribution in [-0.2, 0) is 0 Å². The molecule has 2 nitrogen and oxygen atoms in total. The topological polar surface area (TPSA) is 24.9 Å². The summed E-state index contributed by atoms with van der Waals surface area (Å²) in [7, 11) is 0. The normalized spacial score (nSPS) is 18.6. The predicted molar refractivity (Wildman–Crippen MR) is 58.9 cm³/mol. The molecule has 4 heteroatoms. The molecule has 0 aliphatic carbocycles. The SMILES string of the molecule is ClC1(Cl)C=CC=C(c2ccccn2)N1. The lowest BCUT2D eigenvalue weighted by Gasteiger charge is -2.23. The maximum absolute atomic E-state index is 5.92. The smallest absolute Gasteiger partial charge is 0.207 e. The Morgan fingerprint density at radius 1 is 1.29 bits per heavy atom. The van der Waals surface area contributed by atoms with Crippen LogP contribution in [0, 0.1) is 0 Å². The number of hydrogen-bond donors (Lipinski definition) is 1. The molecule has 0 radical (unpaired) electrons. The number of hydrogen-bond acceptors (Lipinski definition) is 2. The van der Waals surface area contributed by atoms with Crippen molar-refractivity contribution in [3.05, 3.63) is 48.3 Å². The maximum Gasteiger partial charge on any atom is 0.207 e. The van der Waals surface area contributed by atoms with E-state index in [1.54, 1.807) is 18.3 Å². The monoisotopic (exact) mass is 226 g/mol. The number of dihydropyridines is 1. The van der Waals surface area contributed by atoms with E-state index in [9.17, 15) is 0 Å². The summed E-state index contributed by atoms with van der Waals surface area (Å²) in [6.45, 7) is 0. The van der Waals surface area contributed by atoms with Crippen LogP contribution in [0.5, 0.6) is 0 Å². The minimum Gasteiger partial charge on any atom is -0.349 e. The first kappa shape index (κ1) is 9.56. The van der Waals surface area contributed by atoms with Gasteiger partial charge in [0.25, 0.3) is 0 Å². The Kier molecular flexibility index (Phi) is 2.48. The Morgan fingerprint density at radius 2 is 2.14 bits per heavy atom. The van der Waals surface area contributed by atoms with E-state index in [0.717, 1.165) is 11.4 Å². The second-order valence-electron chi connectivity index (χ2n) is 2.90. The minimum absolute atomic E-state index is 0.818. The van der Waals surface area contributed by atoms with Crippen molar-refractivity contribution in [3.63, 3.8) is 0 Å². The van der Waals surface area contributed by atoms with Crippen molar-refractivity contribution in [1.29, 1.82) is 0 Å². The van der Waals surface area contributed by atoms with Crippen molar-refractivity contribution in [1.82, 2.24) is 10.3 Å². The van der Waals surface area contributed by atoms with Gasteiger partial charge in [-0.2, -0.15) is 0 Å². The Bertz CT molecular complexity index is 382. The molecule has 72 valence electrons. The summed E-state index contributed by atoms with van der Waals surface area (Å²) in [6.07, 6.45) is 7.08. The summed E-state index contributed by atoms with van der Waals surface area (Å²) in [6, 6.07) is 5.66. The van der Waals surface area contributed by atoms with Gasteiger partial charge in [0.2, 0.25) is 4.46 Å². The van der Waals surface area contributed by atoms with Gasteiger partial charge in [0.15, 0.2) is 0 Å². The molecule has 2 rings (SSSR count). The van der Waals surface area contributed by atoms with Crippen molar-refractivity contribution < 1.29 is 0 Å². The molecule has 0 atom stereocenters. The van der Waals surface area contributed by atoms with Crippen molar-refractivity contribution in [3.8, 4) is 0 Å². The molecule has 0 spiro atoms. The van der Waals surface area contributed by atoms with Crippen LogP contribution in [0.3, 0.4) is 0 Å². The van der Waals surface area contributed by atoms with Gasteiger partial charge in [-0.25, -0.2) is 0 Å². The van der Waals surface area contributed by atoms with Gasteiger partial charge in [0, 0.05) is 6.20 Å². The molecule has 0 bridgehead atoms. The third kappa shape index (κ3) is 2.08. The zero-order chi connectivity index (χ0) is 10.0. The Balaban J connectivity index is 2.30. The maximum atomic E-state index is 5.92. The van der Waals surface area contributed by atoms with Gasteiger partial charge < -0.3 is 5.32 Å². The summed E-state index contributed by atoms with van der Waals surface area (Å²) in [5.41, 5.74) is 1.64. The Morgan fingerprint density at radius 3 is 2.79 bits per heavy atom. The molecule has 1 aromatic heterocycles. The van der Waals surface area contributed by atoms with E-state index >= 15 is 0 Å². The lowest BCUT2D eigenvalue weighted by atomic mass is 10.2. The molecule has 1 aliphatic heterocycles. The van der Waals surface area contributed by atoms with Crippen molar-refractivity contribution >= 4 is 28.9 Å². The van der Waals surface area contributed by atoms with Gasteiger partial charge in [0.05, 0.1) is 11.4 Å². The molecule has 1 aromatic rings. The first-order chi connectivity index (χ1) is 6.67. The largest absolute Gasteiger partial charge is 0.349 e. The highest BCUT2D eigenvalue weighted by atomic mass is 35.5. The molecule has 1 N–H and O–H groups in total. The third-order valence-electron chi connectivity index (χ3n) is 1.81. The second-order valence-corrected chi connectivity index (χ2v) is 4.29. The second kappa shape index (κ2) is 3.64. The van der Waals surface area contributed by atoms with Crippen LogP contribution >= 0.6 is 23.2 Å². The average molecular weight is 227 g/mol. The number of nitrogens with one attached hydrogen (secondary N) is 1. The van der Waals surface area contributed by atoms with Gasteiger partial charge in [-0.05, 0) is 24.3 Å². The van der Waals surface area contributed by atoms with Crippen LogP contribution in [0.4, 0.5) is 0 Å². The van der Waals surface area contributed by atoms with Crippen LogP contribution in [0.15, 0.2) is 42.6 Å². The standard InChI is InChI=1S/C10H8Cl2N2/c11-10(12)6-3-5-9(14-10)8-4-1-2-7-13-8/h1-7,14H. The summed E-state index contributed by atoms with van der Waals surface area (Å²) < 4.78 is -1.04. The first-order valence-corrected chi connectivity index (χ1v) is 4.90. The summed E-state index contributed by atoms with van der Waals surface area (Å²) in [4.78, 5) is 4.19. The number of allylic oxidation sites excluding steroid dienone is 2. The number of halogens is 2. The average Bonchev–Trinajstić information content (AvgIpc) is 2.18. The fourth-order valence-corrected chi connectivity index (χ4v) is 1.55. The van der Waals surface area contributed by atoms with Crippen LogP contribution < -0.4 is 5.32 Å². The molecule has 14 heavy (non-hydrogen) atoms. The van der Waals surface area contributed by atoms with E-state index in [0.29, 0.717) is 0 Å². The van der Waals surface area contributed by atoms with Gasteiger partial charge in [-0.15, -0.1) is 0 Å². The number of aromatic nitrogens is 1. The van der Waals surface area contributed by atoms with Crippen molar-refractivity contribution in [2.45, 2.75) is 4.46 Å². The van der Waals surface area contributed by atoms with E-state index in [-0.39, 0.29) is 0 Å². The van der Waals surface area contributed by atoms with Gasteiger partial charge in [-0.1, -0.05) is 35.3 Å². The predicted octanol–water partition coefficient (Wildman–Crippen LogP) is 2.71. The number of nitrogens with zero attached hydrogens (tertiary/aromatic N) is 1. The zero-order valence-corrected chi connectivity index (χ0v) is 8.76. The molecule has 0 saturated heterocycles. The van der Waals surface area contributed by atoms with Gasteiger partial charge in [0.1, 0.15) is 0 Å². The van der Waals surface area contributed by atoms with E-state index < -0.39 is 4.46 Å². The van der Waals surface area contributed by atoms with Crippen LogP contribution in [-0.4, -0.2) is 9.44 Å². The lowest BCUT2D eigenvalue weighted by Crippen LogP contribution is -2.32. The molecular weight excluding hydrogens is 219 g/mol. The zero-order valence-electron chi connectivity index (χ0n) is 7.24. The third-order valence-corrected chi connectivity index (χ3v) is 2.25. The molecule has 2 heterocycles. The van der Waals surface area contributed by atoms with E-state index in [2.05, 4.69) is 10.3 Å². The van der Waals surface area contributed by atoms with Crippen molar-refractivity contribution in [2.75, 3.05) is 0 Å². The quantitative estimate of drug-likeness (QED) is 0.589. The van der Waals surface area contributed by atoms with E-state index in [1.165, 1.54) is 0 Å². The number of rotatable bonds is 1. The van der Waals surface area contributed by atoms with E-state index in [1.807, 2.05) is 24.3 Å².